The Bertz CT molecular complexity index is 369. The van der Waals surface area contributed by atoms with Gasteiger partial charge in [0.05, 0.1) is 0 Å². The van der Waals surface area contributed by atoms with Crippen molar-refractivity contribution in [3.63, 3.8) is 0 Å². The fraction of sp³-hybridized carbons (Fsp3) is 0.714. The number of hydrogen-bond acceptors (Lipinski definition) is 0. The van der Waals surface area contributed by atoms with E-state index in [1.54, 1.807) is 15.0 Å². The predicted molar refractivity (Wildman–Crippen MR) is 69.8 cm³/mol. The molecule has 0 aromatic carbocycles. The van der Waals surface area contributed by atoms with Crippen molar-refractivity contribution in [3.05, 3.63) is 20.6 Å². The summed E-state index contributed by atoms with van der Waals surface area (Å²) in [7, 11) is -0.938. The number of allylic oxidation sites excluding steroid dienone is 4. The summed E-state index contributed by atoms with van der Waals surface area (Å²) < 4.78 is 1.65. The van der Waals surface area contributed by atoms with E-state index in [1.165, 1.54) is 31.7 Å². The smallest absolute Gasteiger partial charge is 1.00 e. The Morgan fingerprint density at radius 3 is 2.11 bits per heavy atom. The first kappa shape index (κ1) is 22.6. The SMILES string of the molecule is CC1=[C]([Ti+3])C2=C(CCCC2)C1C[Si](C)(C)C.[Cl-].[Cl-].[Cl-]. The molecule has 19 heavy (non-hydrogen) atoms. The van der Waals surface area contributed by atoms with Crippen LogP contribution in [0.1, 0.15) is 32.6 Å². The summed E-state index contributed by atoms with van der Waals surface area (Å²) in [5, 5.41) is 0. The van der Waals surface area contributed by atoms with Gasteiger partial charge in [0.1, 0.15) is 0 Å². The third-order valence-corrected chi connectivity index (χ3v) is 6.69. The van der Waals surface area contributed by atoms with Gasteiger partial charge in [-0.25, -0.2) is 0 Å². The third-order valence-electron chi connectivity index (χ3n) is 3.97. The largest absolute Gasteiger partial charge is 1.00 e. The van der Waals surface area contributed by atoms with Crippen molar-refractivity contribution in [3.8, 4) is 0 Å². The monoisotopic (exact) mass is 372 g/mol. The maximum absolute atomic E-state index is 2.51. The topological polar surface area (TPSA) is 0 Å². The molecule has 0 fully saturated rings. The maximum Gasteiger partial charge on any atom is -1.00 e. The summed E-state index contributed by atoms with van der Waals surface area (Å²) in [6.07, 6.45) is 5.60. The zero-order valence-electron chi connectivity index (χ0n) is 12.2. The molecule has 0 N–H and O–H groups in total. The Morgan fingerprint density at radius 1 is 1.05 bits per heavy atom. The quantitative estimate of drug-likeness (QED) is 0.430. The summed E-state index contributed by atoms with van der Waals surface area (Å²) >= 11 is 2.36. The van der Waals surface area contributed by atoms with E-state index in [-0.39, 0.29) is 37.2 Å². The minimum atomic E-state index is -0.938. The average Bonchev–Trinajstić information content (AvgIpc) is 2.43. The van der Waals surface area contributed by atoms with Gasteiger partial charge in [0, 0.05) is 0 Å². The molecule has 2 aliphatic carbocycles. The number of halogens is 3. The minimum absolute atomic E-state index is 0. The first-order valence-corrected chi connectivity index (χ1v) is 11.0. The summed E-state index contributed by atoms with van der Waals surface area (Å²) in [5.41, 5.74) is 5.30. The zero-order chi connectivity index (χ0) is 11.9. The van der Waals surface area contributed by atoms with Gasteiger partial charge in [-0.15, -0.1) is 0 Å². The number of hydrogen-bond donors (Lipinski definition) is 0. The van der Waals surface area contributed by atoms with Crippen LogP contribution in [-0.2, 0) is 20.4 Å². The molecule has 2 aliphatic rings. The molecule has 0 nitrogen and oxygen atoms in total. The molecule has 0 aliphatic heterocycles. The van der Waals surface area contributed by atoms with Crippen molar-refractivity contribution < 1.29 is 57.7 Å². The summed E-state index contributed by atoms with van der Waals surface area (Å²) in [6, 6.07) is 1.47. The van der Waals surface area contributed by atoms with Crippen LogP contribution >= 0.6 is 0 Å². The van der Waals surface area contributed by atoms with Crippen LogP contribution in [0.4, 0.5) is 0 Å². The van der Waals surface area contributed by atoms with Crippen LogP contribution < -0.4 is 37.2 Å². The van der Waals surface area contributed by atoms with Crippen molar-refractivity contribution in [2.45, 2.75) is 58.3 Å². The summed E-state index contributed by atoms with van der Waals surface area (Å²) in [6.45, 7) is 9.92. The van der Waals surface area contributed by atoms with Crippen LogP contribution in [0.3, 0.4) is 0 Å². The van der Waals surface area contributed by atoms with Gasteiger partial charge in [0.15, 0.2) is 0 Å². The normalized spacial score (nSPS) is 22.3. The Balaban J connectivity index is 0. The van der Waals surface area contributed by atoms with Crippen LogP contribution in [-0.4, -0.2) is 8.07 Å². The Labute approximate surface area is 149 Å². The first-order valence-electron chi connectivity index (χ1n) is 6.55. The summed E-state index contributed by atoms with van der Waals surface area (Å²) in [4.78, 5) is 0. The average molecular weight is 374 g/mol. The molecule has 0 saturated heterocycles. The van der Waals surface area contributed by atoms with Crippen LogP contribution in [0.25, 0.3) is 0 Å². The molecule has 0 aromatic rings. The second kappa shape index (κ2) is 8.66. The summed E-state index contributed by atoms with van der Waals surface area (Å²) in [5.74, 6) is 0.835. The van der Waals surface area contributed by atoms with Crippen LogP contribution in [0.15, 0.2) is 20.6 Å². The first-order chi connectivity index (χ1) is 7.40. The van der Waals surface area contributed by atoms with Crippen molar-refractivity contribution in [1.82, 2.24) is 0 Å². The van der Waals surface area contributed by atoms with Gasteiger partial charge in [-0.3, -0.25) is 0 Å². The molecule has 0 bridgehead atoms. The molecule has 0 saturated carbocycles. The molecule has 0 heterocycles. The van der Waals surface area contributed by atoms with Gasteiger partial charge in [0.25, 0.3) is 0 Å². The van der Waals surface area contributed by atoms with Crippen molar-refractivity contribution in [1.29, 1.82) is 0 Å². The standard InChI is InChI=1S/C14H23Si.3ClH.Ti/c1-11-9-12-7-5-6-8-13(12)14(11)10-15(2,3)4;;;;/h14H,5-8,10H2,1-4H3;3*1H;/q;;;;+3/p-3. The molecule has 0 aromatic heterocycles. The van der Waals surface area contributed by atoms with Gasteiger partial charge >= 0.3 is 113 Å². The predicted octanol–water partition coefficient (Wildman–Crippen LogP) is -4.34. The van der Waals surface area contributed by atoms with E-state index in [9.17, 15) is 0 Å². The molecule has 0 radical (unpaired) electrons. The Kier molecular flexibility index (Phi) is 10.3. The van der Waals surface area contributed by atoms with E-state index in [1.807, 2.05) is 5.57 Å². The molecule has 0 spiro atoms. The van der Waals surface area contributed by atoms with Gasteiger partial charge < -0.3 is 37.2 Å². The molecule has 2 rings (SSSR count). The minimum Gasteiger partial charge on any atom is -1.00 e. The van der Waals surface area contributed by atoms with Gasteiger partial charge in [-0.05, 0) is 0 Å². The fourth-order valence-corrected chi connectivity index (χ4v) is 5.66. The van der Waals surface area contributed by atoms with Crippen molar-refractivity contribution >= 4 is 8.07 Å². The van der Waals surface area contributed by atoms with Crippen molar-refractivity contribution in [2.75, 3.05) is 0 Å². The Hall–Kier alpha value is 1.28. The fourth-order valence-electron chi connectivity index (χ4n) is 3.16. The molecule has 0 amide bonds. The van der Waals surface area contributed by atoms with E-state index in [2.05, 4.69) is 47.0 Å². The van der Waals surface area contributed by atoms with Gasteiger partial charge in [-0.1, -0.05) is 0 Å². The van der Waals surface area contributed by atoms with Gasteiger partial charge in [0.2, 0.25) is 0 Å². The molecule has 5 heteroatoms. The molecular weight excluding hydrogens is 350 g/mol. The Morgan fingerprint density at radius 2 is 1.58 bits per heavy atom. The second-order valence-electron chi connectivity index (χ2n) is 6.59. The zero-order valence-corrected chi connectivity index (χ0v) is 17.1. The van der Waals surface area contributed by atoms with E-state index >= 15 is 0 Å². The van der Waals surface area contributed by atoms with E-state index in [0.29, 0.717) is 0 Å². The maximum atomic E-state index is 2.51. The van der Waals surface area contributed by atoms with Crippen LogP contribution in [0.2, 0.25) is 25.7 Å². The van der Waals surface area contributed by atoms with Crippen molar-refractivity contribution in [2.24, 2.45) is 5.92 Å². The van der Waals surface area contributed by atoms with E-state index in [4.69, 9.17) is 0 Å². The molecule has 1 atom stereocenters. The molecular formula is C14H23Cl3SiTi. The molecule has 108 valence electrons. The van der Waals surface area contributed by atoms with E-state index in [0.717, 1.165) is 5.92 Å². The third kappa shape index (κ3) is 5.20. The molecule has 1 unspecified atom stereocenters. The van der Waals surface area contributed by atoms with E-state index < -0.39 is 8.07 Å². The van der Waals surface area contributed by atoms with Crippen LogP contribution in [0, 0.1) is 5.92 Å². The van der Waals surface area contributed by atoms with Gasteiger partial charge in [-0.2, -0.15) is 0 Å². The second-order valence-corrected chi connectivity index (χ2v) is 12.9. The van der Waals surface area contributed by atoms with Crippen LogP contribution in [0.5, 0.6) is 0 Å². The number of rotatable bonds is 2.